The Kier molecular flexibility index (Phi) is 7.02. The van der Waals surface area contributed by atoms with E-state index in [0.717, 1.165) is 12.4 Å². The lowest BCUT2D eigenvalue weighted by molar-refractivity contribution is -0.139. The Labute approximate surface area is 170 Å². The quantitative estimate of drug-likeness (QED) is 0.537. The number of benzene rings is 2. The summed E-state index contributed by atoms with van der Waals surface area (Å²) in [6, 6.07) is 10.7. The normalized spacial score (nSPS) is 12.8. The first kappa shape index (κ1) is 22.0. The van der Waals surface area contributed by atoms with Crippen molar-refractivity contribution in [2.24, 2.45) is 21.5 Å². The van der Waals surface area contributed by atoms with E-state index in [1.807, 2.05) is 6.07 Å². The summed E-state index contributed by atoms with van der Waals surface area (Å²) in [5.41, 5.74) is 11.9. The van der Waals surface area contributed by atoms with Crippen molar-refractivity contribution in [1.82, 2.24) is 0 Å². The first-order valence-electron chi connectivity index (χ1n) is 8.27. The maximum absolute atomic E-state index is 13.6. The molecule has 1 atom stereocenters. The van der Waals surface area contributed by atoms with Gasteiger partial charge in [0, 0.05) is 5.02 Å². The molecule has 0 aromatic heterocycles. The number of aliphatic imine (C=N–C) groups is 2. The van der Waals surface area contributed by atoms with Crippen molar-refractivity contribution < 1.29 is 13.2 Å². The minimum atomic E-state index is -4.50. The van der Waals surface area contributed by atoms with Gasteiger partial charge in [0.15, 0.2) is 5.96 Å². The highest BCUT2D eigenvalue weighted by molar-refractivity contribution is 6.30. The van der Waals surface area contributed by atoms with Gasteiger partial charge in [0.25, 0.3) is 0 Å². The number of nitrogens with two attached hydrogens (primary N) is 2. The van der Waals surface area contributed by atoms with E-state index in [-0.39, 0.29) is 27.8 Å². The van der Waals surface area contributed by atoms with E-state index in [1.54, 1.807) is 13.0 Å². The molecule has 0 amide bonds. The van der Waals surface area contributed by atoms with Crippen LogP contribution in [0, 0.1) is 18.3 Å². The molecule has 2 aromatic rings. The largest absolute Gasteiger partial charge is 0.399 e. The molecular formula is C20H17ClF3N5. The molecule has 150 valence electrons. The summed E-state index contributed by atoms with van der Waals surface area (Å²) >= 11 is 5.91. The van der Waals surface area contributed by atoms with E-state index in [4.69, 9.17) is 23.1 Å². The summed E-state index contributed by atoms with van der Waals surface area (Å²) in [5.74, 6) is -2.04. The Morgan fingerprint density at radius 2 is 1.93 bits per heavy atom. The van der Waals surface area contributed by atoms with Crippen LogP contribution in [0.3, 0.4) is 0 Å². The molecule has 0 bridgehead atoms. The Hall–Kier alpha value is -3.31. The summed E-state index contributed by atoms with van der Waals surface area (Å²) < 4.78 is 40.8. The van der Waals surface area contributed by atoms with Crippen LogP contribution in [-0.2, 0) is 0 Å². The monoisotopic (exact) mass is 419 g/mol. The SMILES string of the molecule is Cc1cc(Cl)cc(C(/C=C/c2ccc(N=CN=C(N)N)c(C#N)c2)C(F)(F)F)c1. The first-order valence-corrected chi connectivity index (χ1v) is 8.65. The lowest BCUT2D eigenvalue weighted by Gasteiger charge is -2.18. The third-order valence-corrected chi connectivity index (χ3v) is 4.02. The zero-order valence-electron chi connectivity index (χ0n) is 15.3. The second-order valence-corrected chi connectivity index (χ2v) is 6.56. The molecule has 0 aliphatic heterocycles. The molecule has 0 aliphatic carbocycles. The Bertz CT molecular complexity index is 996. The van der Waals surface area contributed by atoms with Crippen LogP contribution >= 0.6 is 11.6 Å². The zero-order valence-corrected chi connectivity index (χ0v) is 16.0. The van der Waals surface area contributed by atoms with Crippen LogP contribution in [0.15, 0.2) is 52.5 Å². The number of aryl methyl sites for hydroxylation is 1. The van der Waals surface area contributed by atoms with Crippen LogP contribution in [-0.4, -0.2) is 18.5 Å². The number of allylic oxidation sites excluding steroid dienone is 1. The Morgan fingerprint density at radius 3 is 2.52 bits per heavy atom. The van der Waals surface area contributed by atoms with E-state index in [9.17, 15) is 18.4 Å². The van der Waals surface area contributed by atoms with E-state index < -0.39 is 12.1 Å². The second-order valence-electron chi connectivity index (χ2n) is 6.13. The maximum atomic E-state index is 13.6. The molecule has 2 aromatic carbocycles. The van der Waals surface area contributed by atoms with E-state index in [2.05, 4.69) is 9.98 Å². The molecule has 2 rings (SSSR count). The Balaban J connectivity index is 2.37. The molecule has 29 heavy (non-hydrogen) atoms. The van der Waals surface area contributed by atoms with Crippen molar-refractivity contribution in [3.05, 3.63) is 69.8 Å². The summed E-state index contributed by atoms with van der Waals surface area (Å²) in [6.45, 7) is 1.67. The molecule has 0 heterocycles. The minimum absolute atomic E-state index is 0.0395. The van der Waals surface area contributed by atoms with Gasteiger partial charge in [-0.1, -0.05) is 35.9 Å². The predicted molar refractivity (Wildman–Crippen MR) is 109 cm³/mol. The Morgan fingerprint density at radius 1 is 1.21 bits per heavy atom. The van der Waals surface area contributed by atoms with Crippen LogP contribution in [0.2, 0.25) is 5.02 Å². The fraction of sp³-hybridized carbons (Fsp3) is 0.150. The highest BCUT2D eigenvalue weighted by atomic mass is 35.5. The zero-order chi connectivity index (χ0) is 21.6. The number of nitrogens with zero attached hydrogens (tertiary/aromatic N) is 3. The smallest absolute Gasteiger partial charge is 0.370 e. The van der Waals surface area contributed by atoms with Gasteiger partial charge in [0.2, 0.25) is 0 Å². The van der Waals surface area contributed by atoms with Gasteiger partial charge in [-0.2, -0.15) is 18.4 Å². The van der Waals surface area contributed by atoms with Crippen molar-refractivity contribution in [3.63, 3.8) is 0 Å². The molecule has 0 aliphatic rings. The summed E-state index contributed by atoms with van der Waals surface area (Å²) in [5, 5.41) is 9.50. The lowest BCUT2D eigenvalue weighted by Crippen LogP contribution is -2.22. The summed E-state index contributed by atoms with van der Waals surface area (Å²) in [7, 11) is 0. The van der Waals surface area contributed by atoms with Gasteiger partial charge in [-0.05, 0) is 47.9 Å². The molecule has 0 spiro atoms. The number of nitriles is 1. The molecule has 0 fully saturated rings. The molecule has 0 saturated carbocycles. The van der Waals surface area contributed by atoms with Crippen LogP contribution in [0.1, 0.15) is 28.2 Å². The van der Waals surface area contributed by atoms with Crippen LogP contribution in [0.5, 0.6) is 0 Å². The number of rotatable bonds is 5. The molecule has 1 unspecified atom stereocenters. The van der Waals surface area contributed by atoms with Gasteiger partial charge in [-0.15, -0.1) is 0 Å². The van der Waals surface area contributed by atoms with Crippen LogP contribution in [0.25, 0.3) is 6.08 Å². The third kappa shape index (κ3) is 6.36. The molecule has 4 N–H and O–H groups in total. The average Bonchev–Trinajstić information content (AvgIpc) is 2.60. The van der Waals surface area contributed by atoms with E-state index in [1.165, 1.54) is 36.4 Å². The number of halogens is 4. The van der Waals surface area contributed by atoms with Gasteiger partial charge < -0.3 is 11.5 Å². The van der Waals surface area contributed by atoms with E-state index in [0.29, 0.717) is 11.1 Å². The van der Waals surface area contributed by atoms with Crippen molar-refractivity contribution in [1.29, 1.82) is 5.26 Å². The predicted octanol–water partition coefficient (Wildman–Crippen LogP) is 4.81. The van der Waals surface area contributed by atoms with Gasteiger partial charge >= 0.3 is 6.18 Å². The summed E-state index contributed by atoms with van der Waals surface area (Å²) in [6.07, 6.45) is -1.08. The highest BCUT2D eigenvalue weighted by Crippen LogP contribution is 2.38. The fourth-order valence-corrected chi connectivity index (χ4v) is 2.88. The minimum Gasteiger partial charge on any atom is -0.370 e. The van der Waals surface area contributed by atoms with Gasteiger partial charge in [0.1, 0.15) is 12.4 Å². The van der Waals surface area contributed by atoms with Crippen molar-refractivity contribution in [3.8, 4) is 6.07 Å². The number of hydrogen-bond donors (Lipinski definition) is 2. The standard InChI is InChI=1S/C20H17ClF3N5/c1-12-6-14(9-16(21)7-12)17(20(22,23)24)4-2-13-3-5-18(15(8-13)10-25)28-11-29-19(26)27/h2-9,11,17H,1H3,(H4,26,27,28,29)/b4-2+. The van der Waals surface area contributed by atoms with Crippen molar-refractivity contribution >= 4 is 35.7 Å². The maximum Gasteiger partial charge on any atom is 0.399 e. The van der Waals surface area contributed by atoms with E-state index >= 15 is 0 Å². The summed E-state index contributed by atoms with van der Waals surface area (Å²) in [4.78, 5) is 7.52. The third-order valence-electron chi connectivity index (χ3n) is 3.80. The van der Waals surface area contributed by atoms with Crippen molar-refractivity contribution in [2.45, 2.75) is 19.0 Å². The number of guanidine groups is 1. The topological polar surface area (TPSA) is 101 Å². The number of hydrogen-bond acceptors (Lipinski definition) is 2. The van der Waals surface area contributed by atoms with Crippen molar-refractivity contribution in [2.75, 3.05) is 0 Å². The lowest BCUT2D eigenvalue weighted by atomic mass is 9.95. The van der Waals surface area contributed by atoms with Gasteiger partial charge in [0.05, 0.1) is 17.2 Å². The van der Waals surface area contributed by atoms with Gasteiger partial charge in [-0.3, -0.25) is 0 Å². The molecule has 5 nitrogen and oxygen atoms in total. The second kappa shape index (κ2) is 9.26. The molecule has 9 heteroatoms. The van der Waals surface area contributed by atoms with Crippen LogP contribution in [0.4, 0.5) is 18.9 Å². The van der Waals surface area contributed by atoms with Gasteiger partial charge in [-0.25, -0.2) is 9.98 Å². The molecule has 0 saturated heterocycles. The highest BCUT2D eigenvalue weighted by Gasteiger charge is 2.39. The van der Waals surface area contributed by atoms with Crippen LogP contribution < -0.4 is 11.5 Å². The molecular weight excluding hydrogens is 403 g/mol. The first-order chi connectivity index (χ1) is 13.6. The molecule has 0 radical (unpaired) electrons. The average molecular weight is 420 g/mol. The number of alkyl halides is 3. The fourth-order valence-electron chi connectivity index (χ4n) is 2.58.